The third kappa shape index (κ3) is 2.77. The van der Waals surface area contributed by atoms with Gasteiger partial charge >= 0.3 is 0 Å². The maximum Gasteiger partial charge on any atom is 0.227 e. The molecular formula is C15H22N4O. The highest BCUT2D eigenvalue weighted by Crippen LogP contribution is 2.29. The molecule has 2 unspecified atom stereocenters. The van der Waals surface area contributed by atoms with Crippen molar-refractivity contribution in [2.45, 2.75) is 38.1 Å². The first-order chi connectivity index (χ1) is 9.74. The molecule has 3 rings (SSSR count). The van der Waals surface area contributed by atoms with Gasteiger partial charge in [-0.25, -0.2) is 4.98 Å². The van der Waals surface area contributed by atoms with E-state index >= 15 is 0 Å². The second-order valence-electron chi connectivity index (χ2n) is 5.83. The number of carbonyl (C=O) groups is 1. The molecular weight excluding hydrogens is 252 g/mol. The number of nitrogens with zero attached hydrogens (tertiary/aromatic N) is 2. The number of anilines is 2. The zero-order valence-corrected chi connectivity index (χ0v) is 11.7. The van der Waals surface area contributed by atoms with Gasteiger partial charge in [0.15, 0.2) is 5.82 Å². The molecule has 0 radical (unpaired) electrons. The molecule has 108 valence electrons. The van der Waals surface area contributed by atoms with Crippen LogP contribution in [0, 0.1) is 5.92 Å². The molecule has 20 heavy (non-hydrogen) atoms. The minimum Gasteiger partial charge on any atom is -0.355 e. The van der Waals surface area contributed by atoms with Crippen molar-refractivity contribution >= 4 is 17.4 Å². The Morgan fingerprint density at radius 2 is 2.15 bits per heavy atom. The fourth-order valence-corrected chi connectivity index (χ4v) is 3.16. The van der Waals surface area contributed by atoms with Gasteiger partial charge in [0.2, 0.25) is 5.91 Å². The van der Waals surface area contributed by atoms with Crippen molar-refractivity contribution in [1.29, 1.82) is 0 Å². The lowest BCUT2D eigenvalue weighted by Gasteiger charge is -2.20. The summed E-state index contributed by atoms with van der Waals surface area (Å²) in [7, 11) is 0. The van der Waals surface area contributed by atoms with Gasteiger partial charge < -0.3 is 16.0 Å². The number of hydrogen-bond acceptors (Lipinski definition) is 4. The first kappa shape index (κ1) is 13.4. The number of nitrogens with two attached hydrogens (primary N) is 1. The minimum absolute atomic E-state index is 0.0524. The summed E-state index contributed by atoms with van der Waals surface area (Å²) in [6.07, 6.45) is 6.82. The summed E-state index contributed by atoms with van der Waals surface area (Å²) in [5, 5.41) is 3.05. The molecule has 2 heterocycles. The Morgan fingerprint density at radius 1 is 1.35 bits per heavy atom. The molecule has 3 N–H and O–H groups in total. The lowest BCUT2D eigenvalue weighted by molar-refractivity contribution is -0.119. The highest BCUT2D eigenvalue weighted by atomic mass is 16.1. The first-order valence-corrected chi connectivity index (χ1v) is 7.50. The maximum atomic E-state index is 12.3. The fraction of sp³-hybridized carbons (Fsp3) is 0.600. The van der Waals surface area contributed by atoms with Crippen LogP contribution in [-0.4, -0.2) is 30.0 Å². The standard InChI is InChI=1S/C15H22N4O/c16-12-6-5-11(10-12)15(20)18-13-4-3-7-17-14(13)19-8-1-2-9-19/h3-4,7,11-12H,1-2,5-6,8-10,16H2,(H,18,20). The number of aromatic nitrogens is 1. The second kappa shape index (κ2) is 5.79. The van der Waals surface area contributed by atoms with Crippen LogP contribution in [0.25, 0.3) is 0 Å². The summed E-state index contributed by atoms with van der Waals surface area (Å²) in [4.78, 5) is 19.0. The molecule has 1 aromatic rings. The van der Waals surface area contributed by atoms with Gasteiger partial charge in [0.05, 0.1) is 5.69 Å². The summed E-state index contributed by atoms with van der Waals surface area (Å²) < 4.78 is 0. The highest BCUT2D eigenvalue weighted by Gasteiger charge is 2.28. The summed E-state index contributed by atoms with van der Waals surface area (Å²) in [5.41, 5.74) is 6.72. The molecule has 0 aromatic carbocycles. The molecule has 0 bridgehead atoms. The Bertz CT molecular complexity index is 485. The molecule has 1 amide bonds. The van der Waals surface area contributed by atoms with Gasteiger partial charge in [-0.2, -0.15) is 0 Å². The summed E-state index contributed by atoms with van der Waals surface area (Å²) in [5.74, 6) is 1.05. The van der Waals surface area contributed by atoms with Crippen LogP contribution >= 0.6 is 0 Å². The van der Waals surface area contributed by atoms with E-state index in [-0.39, 0.29) is 17.9 Å². The normalized spacial score (nSPS) is 25.9. The second-order valence-corrected chi connectivity index (χ2v) is 5.83. The zero-order valence-electron chi connectivity index (χ0n) is 11.7. The van der Waals surface area contributed by atoms with Crippen LogP contribution in [0.5, 0.6) is 0 Å². The van der Waals surface area contributed by atoms with Gasteiger partial charge in [0.1, 0.15) is 0 Å². The Labute approximate surface area is 119 Å². The predicted molar refractivity (Wildman–Crippen MR) is 79.6 cm³/mol. The van der Waals surface area contributed by atoms with Gasteiger partial charge in [0, 0.05) is 31.2 Å². The molecule has 5 heteroatoms. The zero-order chi connectivity index (χ0) is 13.9. The van der Waals surface area contributed by atoms with E-state index < -0.39 is 0 Å². The van der Waals surface area contributed by atoms with Gasteiger partial charge in [-0.05, 0) is 44.2 Å². The predicted octanol–water partition coefficient (Wildman–Crippen LogP) is 1.75. The topological polar surface area (TPSA) is 71.2 Å². The lowest BCUT2D eigenvalue weighted by Crippen LogP contribution is -2.26. The molecule has 2 fully saturated rings. The summed E-state index contributed by atoms with van der Waals surface area (Å²) >= 11 is 0. The van der Waals surface area contributed by atoms with Crippen molar-refractivity contribution < 1.29 is 4.79 Å². The van der Waals surface area contributed by atoms with E-state index in [9.17, 15) is 4.79 Å². The molecule has 1 aliphatic carbocycles. The third-order valence-electron chi connectivity index (χ3n) is 4.29. The highest BCUT2D eigenvalue weighted by molar-refractivity contribution is 5.95. The van der Waals surface area contributed by atoms with Crippen molar-refractivity contribution in [2.24, 2.45) is 11.7 Å². The van der Waals surface area contributed by atoms with Gasteiger partial charge in [-0.15, -0.1) is 0 Å². The third-order valence-corrected chi connectivity index (χ3v) is 4.29. The molecule has 1 aromatic heterocycles. The van der Waals surface area contributed by atoms with Crippen LogP contribution in [0.1, 0.15) is 32.1 Å². The van der Waals surface area contributed by atoms with Crippen molar-refractivity contribution in [1.82, 2.24) is 4.98 Å². The number of nitrogens with one attached hydrogen (secondary N) is 1. The van der Waals surface area contributed by atoms with Gasteiger partial charge in [-0.1, -0.05) is 0 Å². The molecule has 1 aliphatic heterocycles. The first-order valence-electron chi connectivity index (χ1n) is 7.50. The van der Waals surface area contributed by atoms with Crippen molar-refractivity contribution in [3.05, 3.63) is 18.3 Å². The Hall–Kier alpha value is -1.62. The van der Waals surface area contributed by atoms with E-state index in [1.165, 1.54) is 12.8 Å². The van der Waals surface area contributed by atoms with Crippen molar-refractivity contribution in [3.8, 4) is 0 Å². The van der Waals surface area contributed by atoms with Gasteiger partial charge in [0.25, 0.3) is 0 Å². The number of rotatable bonds is 3. The van der Waals surface area contributed by atoms with Crippen LogP contribution < -0.4 is 16.0 Å². The molecule has 2 atom stereocenters. The minimum atomic E-state index is 0.0524. The molecule has 0 spiro atoms. The lowest BCUT2D eigenvalue weighted by atomic mass is 10.1. The van der Waals surface area contributed by atoms with Crippen LogP contribution in [0.15, 0.2) is 18.3 Å². The molecule has 1 saturated carbocycles. The molecule has 2 aliphatic rings. The smallest absolute Gasteiger partial charge is 0.227 e. The van der Waals surface area contributed by atoms with E-state index in [4.69, 9.17) is 5.73 Å². The quantitative estimate of drug-likeness (QED) is 0.881. The van der Waals surface area contributed by atoms with E-state index in [1.54, 1.807) is 6.20 Å². The summed E-state index contributed by atoms with van der Waals surface area (Å²) in [6.45, 7) is 2.04. The van der Waals surface area contributed by atoms with Crippen LogP contribution in [0.3, 0.4) is 0 Å². The number of carbonyl (C=O) groups excluding carboxylic acids is 1. The van der Waals surface area contributed by atoms with Gasteiger partial charge in [-0.3, -0.25) is 4.79 Å². The van der Waals surface area contributed by atoms with E-state index in [2.05, 4.69) is 15.2 Å². The SMILES string of the molecule is NC1CCC(C(=O)Nc2cccnc2N2CCCC2)C1. The van der Waals surface area contributed by atoms with Crippen LogP contribution in [-0.2, 0) is 4.79 Å². The van der Waals surface area contributed by atoms with Crippen LogP contribution in [0.2, 0.25) is 0 Å². The number of pyridine rings is 1. The molecule has 1 saturated heterocycles. The maximum absolute atomic E-state index is 12.3. The van der Waals surface area contributed by atoms with E-state index in [0.717, 1.165) is 43.9 Å². The van der Waals surface area contributed by atoms with E-state index in [0.29, 0.717) is 0 Å². The fourth-order valence-electron chi connectivity index (χ4n) is 3.16. The average molecular weight is 274 g/mol. The largest absolute Gasteiger partial charge is 0.355 e. The number of hydrogen-bond donors (Lipinski definition) is 2. The monoisotopic (exact) mass is 274 g/mol. The summed E-state index contributed by atoms with van der Waals surface area (Å²) in [6, 6.07) is 3.99. The molecule has 5 nitrogen and oxygen atoms in total. The van der Waals surface area contributed by atoms with Crippen molar-refractivity contribution in [3.63, 3.8) is 0 Å². The number of amides is 1. The van der Waals surface area contributed by atoms with E-state index in [1.807, 2.05) is 12.1 Å². The Kier molecular flexibility index (Phi) is 3.87. The average Bonchev–Trinajstić information content (AvgIpc) is 3.10. The van der Waals surface area contributed by atoms with Crippen LogP contribution in [0.4, 0.5) is 11.5 Å². The Morgan fingerprint density at radius 3 is 2.85 bits per heavy atom. The van der Waals surface area contributed by atoms with Crippen molar-refractivity contribution in [2.75, 3.05) is 23.3 Å². The Balaban J connectivity index is 1.72.